The van der Waals surface area contributed by atoms with Gasteiger partial charge in [-0.1, -0.05) is 0 Å². The normalized spacial score (nSPS) is 9.80. The number of halogens is 1. The van der Waals surface area contributed by atoms with E-state index < -0.39 is 0 Å². The monoisotopic (exact) mass is 274 g/mol. The summed E-state index contributed by atoms with van der Waals surface area (Å²) >= 11 is 3.23. The standard InChI is InChI=1S/C10H11BrO4/c1-14-9-4-7(6-13)8(11)5-10(9)15-3-2-12/h4-6,12H,2-3H2,1H3. The number of hydrogen-bond acceptors (Lipinski definition) is 4. The number of hydrogen-bond donors (Lipinski definition) is 1. The van der Waals surface area contributed by atoms with E-state index in [-0.39, 0.29) is 13.2 Å². The van der Waals surface area contributed by atoms with Crippen molar-refractivity contribution in [1.29, 1.82) is 0 Å². The van der Waals surface area contributed by atoms with Gasteiger partial charge in [0.15, 0.2) is 17.8 Å². The molecule has 0 radical (unpaired) electrons. The lowest BCUT2D eigenvalue weighted by Crippen LogP contribution is -2.03. The quantitative estimate of drug-likeness (QED) is 0.830. The third-order valence-electron chi connectivity index (χ3n) is 1.76. The van der Waals surface area contributed by atoms with Crippen LogP contribution in [-0.2, 0) is 0 Å². The van der Waals surface area contributed by atoms with Gasteiger partial charge in [0, 0.05) is 10.0 Å². The molecule has 0 bridgehead atoms. The molecule has 4 nitrogen and oxygen atoms in total. The van der Waals surface area contributed by atoms with Crippen molar-refractivity contribution in [3.05, 3.63) is 22.2 Å². The summed E-state index contributed by atoms with van der Waals surface area (Å²) in [5.41, 5.74) is 0.489. The van der Waals surface area contributed by atoms with Crippen LogP contribution in [0.1, 0.15) is 10.4 Å². The van der Waals surface area contributed by atoms with Crippen LogP contribution in [0.3, 0.4) is 0 Å². The van der Waals surface area contributed by atoms with E-state index in [4.69, 9.17) is 14.6 Å². The van der Waals surface area contributed by atoms with Gasteiger partial charge in [0.1, 0.15) is 6.61 Å². The van der Waals surface area contributed by atoms with Crippen molar-refractivity contribution in [2.45, 2.75) is 0 Å². The molecule has 0 heterocycles. The van der Waals surface area contributed by atoms with E-state index >= 15 is 0 Å². The van der Waals surface area contributed by atoms with E-state index in [0.29, 0.717) is 21.5 Å². The number of aliphatic hydroxyl groups is 1. The molecule has 15 heavy (non-hydrogen) atoms. The molecular formula is C10H11BrO4. The van der Waals surface area contributed by atoms with Gasteiger partial charge in [0.2, 0.25) is 0 Å². The van der Waals surface area contributed by atoms with Crippen LogP contribution in [-0.4, -0.2) is 31.7 Å². The van der Waals surface area contributed by atoms with Crippen LogP contribution in [0.25, 0.3) is 0 Å². The molecule has 0 aliphatic rings. The average Bonchev–Trinajstić information content (AvgIpc) is 2.26. The zero-order valence-electron chi connectivity index (χ0n) is 8.20. The van der Waals surface area contributed by atoms with Crippen molar-refractivity contribution >= 4 is 22.2 Å². The van der Waals surface area contributed by atoms with Gasteiger partial charge < -0.3 is 14.6 Å². The highest BCUT2D eigenvalue weighted by atomic mass is 79.9. The maximum Gasteiger partial charge on any atom is 0.162 e. The predicted octanol–water partition coefficient (Wildman–Crippen LogP) is 1.64. The van der Waals surface area contributed by atoms with E-state index in [0.717, 1.165) is 6.29 Å². The van der Waals surface area contributed by atoms with Crippen molar-refractivity contribution in [1.82, 2.24) is 0 Å². The molecule has 5 heteroatoms. The van der Waals surface area contributed by atoms with Crippen molar-refractivity contribution in [3.63, 3.8) is 0 Å². The summed E-state index contributed by atoms with van der Waals surface area (Å²) in [6.07, 6.45) is 0.725. The number of ether oxygens (including phenoxy) is 2. The van der Waals surface area contributed by atoms with Crippen LogP contribution >= 0.6 is 15.9 Å². The van der Waals surface area contributed by atoms with Crippen LogP contribution in [0.4, 0.5) is 0 Å². The maximum absolute atomic E-state index is 10.7. The van der Waals surface area contributed by atoms with Crippen molar-refractivity contribution < 1.29 is 19.4 Å². The molecule has 0 aliphatic carbocycles. The van der Waals surface area contributed by atoms with Crippen molar-refractivity contribution in [2.24, 2.45) is 0 Å². The molecule has 1 rings (SSSR count). The predicted molar refractivity (Wildman–Crippen MR) is 58.7 cm³/mol. The summed E-state index contributed by atoms with van der Waals surface area (Å²) in [7, 11) is 1.49. The molecule has 0 amide bonds. The molecule has 1 aromatic carbocycles. The summed E-state index contributed by atoms with van der Waals surface area (Å²) in [6.45, 7) is 0.111. The molecule has 1 aromatic rings. The number of carbonyl (C=O) groups excluding carboxylic acids is 1. The number of aldehydes is 1. The summed E-state index contributed by atoms with van der Waals surface area (Å²) < 4.78 is 10.9. The molecule has 0 saturated heterocycles. The van der Waals surface area contributed by atoms with Gasteiger partial charge in [-0.05, 0) is 28.1 Å². The summed E-state index contributed by atoms with van der Waals surface area (Å²) in [5, 5.41) is 8.63. The van der Waals surface area contributed by atoms with Crippen LogP contribution in [0, 0.1) is 0 Å². The molecular weight excluding hydrogens is 264 g/mol. The van der Waals surface area contributed by atoms with E-state index in [1.165, 1.54) is 7.11 Å². The second kappa shape index (κ2) is 5.72. The summed E-state index contributed by atoms with van der Waals surface area (Å²) in [5.74, 6) is 0.956. The Balaban J connectivity index is 3.03. The topological polar surface area (TPSA) is 55.8 Å². The number of methoxy groups -OCH3 is 1. The zero-order chi connectivity index (χ0) is 11.3. The minimum atomic E-state index is -0.0732. The highest BCUT2D eigenvalue weighted by Gasteiger charge is 2.09. The molecule has 0 unspecified atom stereocenters. The number of rotatable bonds is 5. The van der Waals surface area contributed by atoms with Gasteiger partial charge in [-0.25, -0.2) is 0 Å². The van der Waals surface area contributed by atoms with Crippen LogP contribution in [0.2, 0.25) is 0 Å². The molecule has 0 aromatic heterocycles. The first kappa shape index (κ1) is 12.0. The molecule has 0 saturated carbocycles. The Kier molecular flexibility index (Phi) is 4.58. The fourth-order valence-electron chi connectivity index (χ4n) is 1.07. The van der Waals surface area contributed by atoms with Gasteiger partial charge in [0.25, 0.3) is 0 Å². The minimum Gasteiger partial charge on any atom is -0.493 e. The highest BCUT2D eigenvalue weighted by molar-refractivity contribution is 9.10. The third-order valence-corrected chi connectivity index (χ3v) is 2.45. The third kappa shape index (κ3) is 2.94. The lowest BCUT2D eigenvalue weighted by atomic mass is 10.2. The number of benzene rings is 1. The van der Waals surface area contributed by atoms with E-state index in [2.05, 4.69) is 15.9 Å². The Bertz CT molecular complexity index is 352. The fraction of sp³-hybridized carbons (Fsp3) is 0.300. The largest absolute Gasteiger partial charge is 0.493 e. The van der Waals surface area contributed by atoms with E-state index in [1.807, 2.05) is 0 Å². The molecule has 0 atom stereocenters. The lowest BCUT2D eigenvalue weighted by molar-refractivity contribution is 0.112. The molecule has 0 aliphatic heterocycles. The average molecular weight is 275 g/mol. The second-order valence-corrected chi connectivity index (χ2v) is 3.57. The molecule has 82 valence electrons. The number of aliphatic hydroxyl groups excluding tert-OH is 1. The maximum atomic E-state index is 10.7. The molecule has 1 N–H and O–H groups in total. The van der Waals surface area contributed by atoms with Gasteiger partial charge in [-0.15, -0.1) is 0 Å². The van der Waals surface area contributed by atoms with Gasteiger partial charge in [-0.2, -0.15) is 0 Å². The first-order chi connectivity index (χ1) is 7.22. The Hall–Kier alpha value is -1.07. The van der Waals surface area contributed by atoms with Crippen molar-refractivity contribution in [2.75, 3.05) is 20.3 Å². The van der Waals surface area contributed by atoms with Crippen LogP contribution in [0.15, 0.2) is 16.6 Å². The van der Waals surface area contributed by atoms with Crippen molar-refractivity contribution in [3.8, 4) is 11.5 Å². The summed E-state index contributed by atoms with van der Waals surface area (Å²) in [6, 6.07) is 3.21. The zero-order valence-corrected chi connectivity index (χ0v) is 9.78. The highest BCUT2D eigenvalue weighted by Crippen LogP contribution is 2.32. The second-order valence-electron chi connectivity index (χ2n) is 2.71. The van der Waals surface area contributed by atoms with E-state index in [9.17, 15) is 4.79 Å². The Morgan fingerprint density at radius 3 is 2.73 bits per heavy atom. The summed E-state index contributed by atoms with van der Waals surface area (Å²) in [4.78, 5) is 10.7. The van der Waals surface area contributed by atoms with Gasteiger partial charge >= 0.3 is 0 Å². The van der Waals surface area contributed by atoms with Gasteiger partial charge in [-0.3, -0.25) is 4.79 Å². The molecule has 0 spiro atoms. The molecule has 0 fully saturated rings. The SMILES string of the molecule is COc1cc(C=O)c(Br)cc1OCCO. The van der Waals surface area contributed by atoms with Gasteiger partial charge in [0.05, 0.1) is 13.7 Å². The number of carbonyl (C=O) groups is 1. The lowest BCUT2D eigenvalue weighted by Gasteiger charge is -2.11. The Morgan fingerprint density at radius 2 is 2.20 bits per heavy atom. The first-order valence-corrected chi connectivity index (χ1v) is 5.08. The first-order valence-electron chi connectivity index (χ1n) is 4.29. The van der Waals surface area contributed by atoms with Crippen LogP contribution < -0.4 is 9.47 Å². The Morgan fingerprint density at radius 1 is 1.47 bits per heavy atom. The minimum absolute atomic E-state index is 0.0732. The van der Waals surface area contributed by atoms with Crippen LogP contribution in [0.5, 0.6) is 11.5 Å². The fourth-order valence-corrected chi connectivity index (χ4v) is 1.48. The Labute approximate surface area is 95.9 Å². The smallest absolute Gasteiger partial charge is 0.162 e. The van der Waals surface area contributed by atoms with E-state index in [1.54, 1.807) is 12.1 Å².